The van der Waals surface area contributed by atoms with Crippen molar-refractivity contribution in [3.8, 4) is 11.5 Å². The van der Waals surface area contributed by atoms with Crippen LogP contribution in [0.2, 0.25) is 0 Å². The summed E-state index contributed by atoms with van der Waals surface area (Å²) in [6.07, 6.45) is 0.378. The van der Waals surface area contributed by atoms with Crippen LogP contribution in [0.5, 0.6) is 11.5 Å². The number of fused-ring (bicyclic) bond motifs is 4. The van der Waals surface area contributed by atoms with Gasteiger partial charge in [0.25, 0.3) is 0 Å². The number of para-hydroxylation sites is 1. The molecule has 7 nitrogen and oxygen atoms in total. The van der Waals surface area contributed by atoms with Crippen LogP contribution in [0.3, 0.4) is 0 Å². The van der Waals surface area contributed by atoms with E-state index in [0.29, 0.717) is 6.54 Å². The molecule has 3 aromatic carbocycles. The summed E-state index contributed by atoms with van der Waals surface area (Å²) in [5, 5.41) is 4.05. The van der Waals surface area contributed by atoms with Gasteiger partial charge in [0.1, 0.15) is 0 Å². The molecule has 0 spiro atoms. The minimum atomic E-state index is -0.472. The second-order valence-corrected chi connectivity index (χ2v) is 9.04. The molecule has 2 N–H and O–H groups in total. The first-order valence-electron chi connectivity index (χ1n) is 11.2. The number of rotatable bonds is 5. The molecule has 0 bridgehead atoms. The Morgan fingerprint density at radius 2 is 1.88 bits per heavy atom. The molecule has 0 unspecified atom stereocenters. The molecule has 0 radical (unpaired) electrons. The quantitative estimate of drug-likeness (QED) is 0.301. The van der Waals surface area contributed by atoms with Gasteiger partial charge in [-0.2, -0.15) is 0 Å². The van der Waals surface area contributed by atoms with Crippen molar-refractivity contribution in [2.45, 2.75) is 19.0 Å². The summed E-state index contributed by atoms with van der Waals surface area (Å²) in [4.78, 5) is 16.0. The Kier molecular flexibility index (Phi) is 5.52. The molecule has 0 fully saturated rings. The Labute approximate surface area is 201 Å². The van der Waals surface area contributed by atoms with Crippen molar-refractivity contribution < 1.29 is 18.5 Å². The molecular formula is C26H23N3O4S. The molecule has 6 rings (SSSR count). The second-order valence-electron chi connectivity index (χ2n) is 8.25. The molecule has 172 valence electrons. The van der Waals surface area contributed by atoms with Crippen molar-refractivity contribution in [1.82, 2.24) is 14.6 Å². The standard InChI is InChI=1S/C26H23N3O4S/c30-26(27-15-17-6-2-1-3-7-17)33-34-29-13-12-20-19-8-4-5-9-21(19)28-24(20)25(29)18-10-11-22-23(14-18)32-16-31-22/h1-11,14,25,28H,12-13,15-16H2,(H,27,30)/t25-/m1/s1. The second kappa shape index (κ2) is 8.96. The van der Waals surface area contributed by atoms with Crippen LogP contribution in [0.15, 0.2) is 72.8 Å². The SMILES string of the molecule is O=C(NCc1ccccc1)OSN1CCc2c([nH]c3ccccc23)[C@H]1c1ccc2c(c1)OCO2. The van der Waals surface area contributed by atoms with Crippen LogP contribution in [0, 0.1) is 0 Å². The molecular weight excluding hydrogens is 450 g/mol. The Balaban J connectivity index is 1.26. The number of hydrogen-bond acceptors (Lipinski definition) is 6. The molecule has 34 heavy (non-hydrogen) atoms. The summed E-state index contributed by atoms with van der Waals surface area (Å²) in [7, 11) is 0. The van der Waals surface area contributed by atoms with Crippen LogP contribution in [-0.4, -0.2) is 28.7 Å². The number of ether oxygens (including phenoxy) is 2. The number of H-pyrrole nitrogens is 1. The minimum Gasteiger partial charge on any atom is -0.454 e. The third-order valence-corrected chi connectivity index (χ3v) is 7.00. The third kappa shape index (κ3) is 3.95. The fourth-order valence-corrected chi connectivity index (χ4v) is 5.30. The lowest BCUT2D eigenvalue weighted by atomic mass is 9.94. The van der Waals surface area contributed by atoms with Gasteiger partial charge in [0.15, 0.2) is 23.7 Å². The van der Waals surface area contributed by atoms with E-state index in [1.54, 1.807) is 0 Å². The summed E-state index contributed by atoms with van der Waals surface area (Å²) >= 11 is 1.08. The van der Waals surface area contributed by atoms with E-state index in [9.17, 15) is 4.79 Å². The normalized spacial score (nSPS) is 16.9. The van der Waals surface area contributed by atoms with Crippen LogP contribution in [0.4, 0.5) is 4.79 Å². The van der Waals surface area contributed by atoms with Crippen molar-refractivity contribution in [1.29, 1.82) is 0 Å². The van der Waals surface area contributed by atoms with Crippen molar-refractivity contribution >= 4 is 29.2 Å². The lowest BCUT2D eigenvalue weighted by Crippen LogP contribution is -2.32. The number of amides is 1. The Morgan fingerprint density at radius 3 is 2.79 bits per heavy atom. The van der Waals surface area contributed by atoms with Crippen molar-refractivity contribution in [2.75, 3.05) is 13.3 Å². The lowest BCUT2D eigenvalue weighted by Gasteiger charge is -2.33. The largest absolute Gasteiger partial charge is 0.454 e. The van der Waals surface area contributed by atoms with E-state index in [0.717, 1.165) is 59.0 Å². The van der Waals surface area contributed by atoms with Gasteiger partial charge in [0.05, 0.1) is 6.04 Å². The number of hydrogen-bond donors (Lipinski definition) is 2. The van der Waals surface area contributed by atoms with E-state index in [1.807, 2.05) is 54.6 Å². The molecule has 1 amide bonds. The smallest absolute Gasteiger partial charge is 0.420 e. The number of benzene rings is 3. The molecule has 4 aromatic rings. The number of carbonyl (C=O) groups is 1. The highest BCUT2D eigenvalue weighted by Gasteiger charge is 2.34. The molecule has 2 aliphatic heterocycles. The van der Waals surface area contributed by atoms with Gasteiger partial charge >= 0.3 is 6.09 Å². The maximum atomic E-state index is 12.4. The van der Waals surface area contributed by atoms with E-state index in [2.05, 4.69) is 32.8 Å². The maximum absolute atomic E-state index is 12.4. The maximum Gasteiger partial charge on any atom is 0.420 e. The van der Waals surface area contributed by atoms with Gasteiger partial charge in [-0.25, -0.2) is 9.10 Å². The molecule has 0 saturated carbocycles. The van der Waals surface area contributed by atoms with E-state index >= 15 is 0 Å². The molecule has 2 aliphatic rings. The van der Waals surface area contributed by atoms with Crippen LogP contribution in [0.25, 0.3) is 10.9 Å². The fourth-order valence-electron chi connectivity index (χ4n) is 4.60. The van der Waals surface area contributed by atoms with Gasteiger partial charge in [-0.3, -0.25) is 0 Å². The van der Waals surface area contributed by atoms with Gasteiger partial charge < -0.3 is 24.0 Å². The minimum absolute atomic E-state index is 0.141. The Morgan fingerprint density at radius 1 is 1.06 bits per heavy atom. The zero-order valence-electron chi connectivity index (χ0n) is 18.3. The number of aromatic amines is 1. The highest BCUT2D eigenvalue weighted by atomic mass is 32.2. The molecule has 8 heteroatoms. The van der Waals surface area contributed by atoms with E-state index in [4.69, 9.17) is 13.7 Å². The summed E-state index contributed by atoms with van der Waals surface area (Å²) < 4.78 is 18.8. The van der Waals surface area contributed by atoms with Gasteiger partial charge in [-0.05, 0) is 41.3 Å². The van der Waals surface area contributed by atoms with Gasteiger partial charge in [-0.1, -0.05) is 54.6 Å². The molecule has 1 aromatic heterocycles. The first kappa shape index (κ1) is 20.9. The number of carbonyl (C=O) groups excluding carboxylic acids is 1. The highest BCUT2D eigenvalue weighted by Crippen LogP contribution is 2.44. The monoisotopic (exact) mass is 473 g/mol. The van der Waals surface area contributed by atoms with Crippen molar-refractivity contribution in [3.05, 3.63) is 95.2 Å². The van der Waals surface area contributed by atoms with E-state index in [-0.39, 0.29) is 12.8 Å². The number of nitrogens with zero attached hydrogens (tertiary/aromatic N) is 1. The molecule has 0 saturated heterocycles. The lowest BCUT2D eigenvalue weighted by molar-refractivity contribution is 0.174. The predicted molar refractivity (Wildman–Crippen MR) is 130 cm³/mol. The van der Waals surface area contributed by atoms with Crippen molar-refractivity contribution in [2.24, 2.45) is 0 Å². The summed E-state index contributed by atoms with van der Waals surface area (Å²) in [5.41, 5.74) is 5.56. The number of aromatic nitrogens is 1. The molecule has 3 heterocycles. The first-order valence-corrected chi connectivity index (χ1v) is 11.9. The molecule has 0 aliphatic carbocycles. The van der Waals surface area contributed by atoms with Gasteiger partial charge in [0, 0.05) is 29.7 Å². The average molecular weight is 474 g/mol. The third-order valence-electron chi connectivity index (χ3n) is 6.19. The van der Waals surface area contributed by atoms with Crippen LogP contribution < -0.4 is 14.8 Å². The topological polar surface area (TPSA) is 75.8 Å². The van der Waals surface area contributed by atoms with Gasteiger partial charge in [0.2, 0.25) is 6.79 Å². The molecule has 1 atom stereocenters. The van der Waals surface area contributed by atoms with Gasteiger partial charge in [-0.15, -0.1) is 0 Å². The zero-order valence-corrected chi connectivity index (χ0v) is 19.1. The number of nitrogens with one attached hydrogen (secondary N) is 2. The summed E-state index contributed by atoms with van der Waals surface area (Å²) in [6.45, 7) is 1.37. The Hall–Kier alpha value is -3.62. The Bertz CT molecular complexity index is 1340. The van der Waals surface area contributed by atoms with Crippen molar-refractivity contribution in [3.63, 3.8) is 0 Å². The van der Waals surface area contributed by atoms with E-state index in [1.165, 1.54) is 10.9 Å². The zero-order chi connectivity index (χ0) is 22.9. The van der Waals surface area contributed by atoms with Crippen LogP contribution in [-0.2, 0) is 17.1 Å². The highest BCUT2D eigenvalue weighted by molar-refractivity contribution is 7.92. The predicted octanol–water partition coefficient (Wildman–Crippen LogP) is 5.33. The summed E-state index contributed by atoms with van der Waals surface area (Å²) in [6, 6.07) is 23.9. The van der Waals surface area contributed by atoms with Crippen LogP contribution >= 0.6 is 12.2 Å². The summed E-state index contributed by atoms with van der Waals surface area (Å²) in [5.74, 6) is 1.47. The van der Waals surface area contributed by atoms with E-state index < -0.39 is 6.09 Å². The van der Waals surface area contributed by atoms with Crippen LogP contribution in [0.1, 0.15) is 28.4 Å². The first-order chi connectivity index (χ1) is 16.8. The average Bonchev–Trinajstić information content (AvgIpc) is 3.50. The fraction of sp³-hybridized carbons (Fsp3) is 0.192.